The number of halogens is 1. The Kier molecular flexibility index (Phi) is 5.06. The lowest BCUT2D eigenvalue weighted by molar-refractivity contribution is 0.314. The summed E-state index contributed by atoms with van der Waals surface area (Å²) in [4.78, 5) is 9.43. The SMILES string of the molecule is CCc1cc(CCl)cc(N(C)CC2CCCN2C)n1. The quantitative estimate of drug-likeness (QED) is 0.774. The van der Waals surface area contributed by atoms with Crippen LogP contribution in [0.2, 0.25) is 0 Å². The van der Waals surface area contributed by atoms with Gasteiger partial charge >= 0.3 is 0 Å². The van der Waals surface area contributed by atoms with Gasteiger partial charge in [-0.2, -0.15) is 0 Å². The van der Waals surface area contributed by atoms with Gasteiger partial charge in [0.1, 0.15) is 5.82 Å². The number of likely N-dealkylation sites (tertiary alicyclic amines) is 1. The van der Waals surface area contributed by atoms with Crippen molar-refractivity contribution in [3.63, 3.8) is 0 Å². The lowest BCUT2D eigenvalue weighted by atomic mass is 10.2. The number of rotatable bonds is 5. The van der Waals surface area contributed by atoms with Crippen LogP contribution in [-0.4, -0.2) is 43.1 Å². The van der Waals surface area contributed by atoms with E-state index in [9.17, 15) is 0 Å². The van der Waals surface area contributed by atoms with Crippen molar-refractivity contribution in [1.29, 1.82) is 0 Å². The highest BCUT2D eigenvalue weighted by Crippen LogP contribution is 2.20. The molecule has 1 atom stereocenters. The van der Waals surface area contributed by atoms with Crippen LogP contribution in [-0.2, 0) is 12.3 Å². The minimum Gasteiger partial charge on any atom is -0.358 e. The second-order valence-corrected chi connectivity index (χ2v) is 5.74. The van der Waals surface area contributed by atoms with Crippen LogP contribution in [0.3, 0.4) is 0 Å². The van der Waals surface area contributed by atoms with Crippen molar-refractivity contribution in [2.24, 2.45) is 0 Å². The number of aromatic nitrogens is 1. The number of alkyl halides is 1. The van der Waals surface area contributed by atoms with E-state index in [1.807, 2.05) is 0 Å². The van der Waals surface area contributed by atoms with E-state index < -0.39 is 0 Å². The highest BCUT2D eigenvalue weighted by Gasteiger charge is 2.22. The topological polar surface area (TPSA) is 19.4 Å². The number of hydrogen-bond donors (Lipinski definition) is 0. The van der Waals surface area contributed by atoms with Gasteiger partial charge in [-0.3, -0.25) is 0 Å². The zero-order valence-electron chi connectivity index (χ0n) is 12.2. The van der Waals surface area contributed by atoms with Crippen LogP contribution in [0.25, 0.3) is 0 Å². The summed E-state index contributed by atoms with van der Waals surface area (Å²) >= 11 is 5.97. The Morgan fingerprint density at radius 2 is 2.26 bits per heavy atom. The first-order valence-corrected chi connectivity index (χ1v) is 7.64. The fourth-order valence-corrected chi connectivity index (χ4v) is 2.86. The lowest BCUT2D eigenvalue weighted by Gasteiger charge is -2.27. The molecule has 4 heteroatoms. The molecule has 1 unspecified atom stereocenters. The predicted molar refractivity (Wildman–Crippen MR) is 82.1 cm³/mol. The average Bonchev–Trinajstić information content (AvgIpc) is 2.83. The first-order valence-electron chi connectivity index (χ1n) is 7.11. The molecule has 0 N–H and O–H groups in total. The Bertz CT molecular complexity index is 400. The van der Waals surface area contributed by atoms with Crippen LogP contribution >= 0.6 is 11.6 Å². The third kappa shape index (κ3) is 3.61. The summed E-state index contributed by atoms with van der Waals surface area (Å²) in [5, 5.41) is 0. The van der Waals surface area contributed by atoms with Crippen LogP contribution in [0.5, 0.6) is 0 Å². The third-order valence-electron chi connectivity index (χ3n) is 3.99. The molecule has 0 saturated carbocycles. The van der Waals surface area contributed by atoms with Crippen LogP contribution in [0, 0.1) is 0 Å². The highest BCUT2D eigenvalue weighted by molar-refractivity contribution is 6.17. The van der Waals surface area contributed by atoms with Crippen molar-refractivity contribution in [2.75, 3.05) is 32.1 Å². The van der Waals surface area contributed by atoms with Gasteiger partial charge in [-0.1, -0.05) is 6.92 Å². The standard InChI is InChI=1S/C15H24ClN3/c1-4-13-8-12(10-16)9-15(17-13)19(3)11-14-6-5-7-18(14)2/h8-9,14H,4-7,10-11H2,1-3H3. The predicted octanol–water partition coefficient (Wildman–Crippen LogP) is 2.91. The summed E-state index contributed by atoms with van der Waals surface area (Å²) in [7, 11) is 4.34. The highest BCUT2D eigenvalue weighted by atomic mass is 35.5. The zero-order chi connectivity index (χ0) is 13.8. The molecule has 3 nitrogen and oxygen atoms in total. The number of hydrogen-bond acceptors (Lipinski definition) is 3. The van der Waals surface area contributed by atoms with Crippen molar-refractivity contribution >= 4 is 17.4 Å². The maximum absolute atomic E-state index is 5.97. The third-order valence-corrected chi connectivity index (χ3v) is 4.30. The Labute approximate surface area is 121 Å². The summed E-state index contributed by atoms with van der Waals surface area (Å²) < 4.78 is 0. The fraction of sp³-hybridized carbons (Fsp3) is 0.667. The summed E-state index contributed by atoms with van der Waals surface area (Å²) in [5.74, 6) is 1.61. The Morgan fingerprint density at radius 3 is 2.84 bits per heavy atom. The molecule has 106 valence electrons. The molecule has 1 fully saturated rings. The second kappa shape index (κ2) is 6.58. The van der Waals surface area contributed by atoms with Crippen LogP contribution in [0.4, 0.5) is 5.82 Å². The summed E-state index contributed by atoms with van der Waals surface area (Å²) in [6.07, 6.45) is 3.55. The molecule has 1 saturated heterocycles. The molecule has 0 amide bonds. The molecule has 0 bridgehead atoms. The van der Waals surface area contributed by atoms with Crippen molar-refractivity contribution in [1.82, 2.24) is 9.88 Å². The minimum absolute atomic E-state index is 0.555. The van der Waals surface area contributed by atoms with E-state index in [1.165, 1.54) is 19.4 Å². The fourth-order valence-electron chi connectivity index (χ4n) is 2.71. The normalized spacial score (nSPS) is 19.9. The van der Waals surface area contributed by atoms with E-state index in [1.54, 1.807) is 0 Å². The molecule has 0 spiro atoms. The summed E-state index contributed by atoms with van der Waals surface area (Å²) in [6.45, 7) is 4.39. The van der Waals surface area contributed by atoms with Gasteiger partial charge in [0.25, 0.3) is 0 Å². The van der Waals surface area contributed by atoms with E-state index in [0.717, 1.165) is 30.0 Å². The van der Waals surface area contributed by atoms with E-state index in [0.29, 0.717) is 11.9 Å². The molecule has 0 radical (unpaired) electrons. The molecule has 0 aromatic carbocycles. The van der Waals surface area contributed by atoms with Gasteiger partial charge in [0.2, 0.25) is 0 Å². The van der Waals surface area contributed by atoms with Gasteiger partial charge in [0.15, 0.2) is 0 Å². The van der Waals surface area contributed by atoms with Crippen LogP contribution in [0.1, 0.15) is 31.0 Å². The molecule has 1 aliphatic heterocycles. The maximum Gasteiger partial charge on any atom is 0.128 e. The van der Waals surface area contributed by atoms with E-state index in [-0.39, 0.29) is 0 Å². The zero-order valence-corrected chi connectivity index (χ0v) is 13.0. The van der Waals surface area contributed by atoms with Crippen molar-refractivity contribution < 1.29 is 0 Å². The molecule has 1 aliphatic rings. The van der Waals surface area contributed by atoms with Gasteiger partial charge in [-0.05, 0) is 50.6 Å². The van der Waals surface area contributed by atoms with Crippen molar-refractivity contribution in [3.05, 3.63) is 23.4 Å². The number of likely N-dealkylation sites (N-methyl/N-ethyl adjacent to an activating group) is 2. The van der Waals surface area contributed by atoms with Gasteiger partial charge in [0.05, 0.1) is 0 Å². The molecule has 2 heterocycles. The molecular formula is C15H24ClN3. The first-order chi connectivity index (χ1) is 9.13. The molecule has 2 rings (SSSR count). The van der Waals surface area contributed by atoms with Gasteiger partial charge in [0, 0.05) is 31.2 Å². The smallest absolute Gasteiger partial charge is 0.128 e. The van der Waals surface area contributed by atoms with Crippen molar-refractivity contribution in [2.45, 2.75) is 38.1 Å². The Morgan fingerprint density at radius 1 is 1.47 bits per heavy atom. The molecular weight excluding hydrogens is 258 g/mol. The lowest BCUT2D eigenvalue weighted by Crippen LogP contribution is -2.37. The van der Waals surface area contributed by atoms with Gasteiger partial charge in [-0.15, -0.1) is 11.6 Å². The van der Waals surface area contributed by atoms with E-state index in [2.05, 4.69) is 43.0 Å². The van der Waals surface area contributed by atoms with Crippen LogP contribution < -0.4 is 4.90 Å². The van der Waals surface area contributed by atoms with Crippen LogP contribution in [0.15, 0.2) is 12.1 Å². The Hall–Kier alpha value is -0.800. The molecule has 19 heavy (non-hydrogen) atoms. The Balaban J connectivity index is 2.11. The van der Waals surface area contributed by atoms with Gasteiger partial charge in [-0.25, -0.2) is 4.98 Å². The summed E-state index contributed by atoms with van der Waals surface area (Å²) in [6, 6.07) is 4.86. The minimum atomic E-state index is 0.555. The van der Waals surface area contributed by atoms with Gasteiger partial charge < -0.3 is 9.80 Å². The number of nitrogens with zero attached hydrogens (tertiary/aromatic N) is 3. The van der Waals surface area contributed by atoms with E-state index in [4.69, 9.17) is 16.6 Å². The molecule has 0 aliphatic carbocycles. The first kappa shape index (κ1) is 14.6. The monoisotopic (exact) mass is 281 g/mol. The van der Waals surface area contributed by atoms with E-state index >= 15 is 0 Å². The maximum atomic E-state index is 5.97. The number of pyridine rings is 1. The summed E-state index contributed by atoms with van der Waals surface area (Å²) in [5.41, 5.74) is 2.29. The molecule has 1 aromatic heterocycles. The average molecular weight is 282 g/mol. The largest absolute Gasteiger partial charge is 0.358 e. The van der Waals surface area contributed by atoms with Crippen molar-refractivity contribution in [3.8, 4) is 0 Å². The molecule has 1 aromatic rings. The second-order valence-electron chi connectivity index (χ2n) is 5.47. The number of anilines is 1. The number of aryl methyl sites for hydroxylation is 1.